The Morgan fingerprint density at radius 1 is 1.32 bits per heavy atom. The standard InChI is InChI=1S/C16H25N3/c17-10-15-11-18-8-9-19(15)12-14-6-3-5-13-4-1-2-7-16(13)14/h1-2,4,7,14-15,18H,3,5-6,8-12,17H2. The molecule has 2 unspecified atom stereocenters. The number of hydrogen-bond acceptors (Lipinski definition) is 3. The first-order valence-electron chi connectivity index (χ1n) is 7.61. The second kappa shape index (κ2) is 6.04. The zero-order chi connectivity index (χ0) is 13.1. The molecule has 3 rings (SSSR count). The van der Waals surface area contributed by atoms with E-state index >= 15 is 0 Å². The zero-order valence-corrected chi connectivity index (χ0v) is 11.6. The van der Waals surface area contributed by atoms with Gasteiger partial charge in [0.05, 0.1) is 0 Å². The van der Waals surface area contributed by atoms with E-state index < -0.39 is 0 Å². The maximum absolute atomic E-state index is 5.91. The van der Waals surface area contributed by atoms with Crippen molar-refractivity contribution in [1.29, 1.82) is 0 Å². The number of benzene rings is 1. The molecule has 3 heteroatoms. The summed E-state index contributed by atoms with van der Waals surface area (Å²) in [5.41, 5.74) is 9.07. The summed E-state index contributed by atoms with van der Waals surface area (Å²) in [6, 6.07) is 9.52. The average Bonchev–Trinajstić information content (AvgIpc) is 2.48. The third kappa shape index (κ3) is 2.83. The highest BCUT2D eigenvalue weighted by atomic mass is 15.2. The number of nitrogens with two attached hydrogens (primary N) is 1. The van der Waals surface area contributed by atoms with E-state index in [4.69, 9.17) is 5.73 Å². The van der Waals surface area contributed by atoms with Crippen LogP contribution in [0, 0.1) is 0 Å². The van der Waals surface area contributed by atoms with Gasteiger partial charge in [0.25, 0.3) is 0 Å². The maximum Gasteiger partial charge on any atom is 0.0343 e. The summed E-state index contributed by atoms with van der Waals surface area (Å²) in [5, 5.41) is 3.45. The first-order valence-corrected chi connectivity index (χ1v) is 7.61. The molecular formula is C16H25N3. The van der Waals surface area contributed by atoms with Gasteiger partial charge >= 0.3 is 0 Å². The second-order valence-corrected chi connectivity index (χ2v) is 5.88. The zero-order valence-electron chi connectivity index (χ0n) is 11.6. The Labute approximate surface area is 116 Å². The van der Waals surface area contributed by atoms with Gasteiger partial charge in [-0.1, -0.05) is 24.3 Å². The highest BCUT2D eigenvalue weighted by molar-refractivity contribution is 5.32. The summed E-state index contributed by atoms with van der Waals surface area (Å²) >= 11 is 0. The highest BCUT2D eigenvalue weighted by Crippen LogP contribution is 2.32. The Morgan fingerprint density at radius 3 is 3.11 bits per heavy atom. The molecule has 0 aromatic heterocycles. The number of hydrogen-bond donors (Lipinski definition) is 2. The molecule has 0 saturated carbocycles. The third-order valence-corrected chi connectivity index (χ3v) is 4.69. The van der Waals surface area contributed by atoms with Crippen molar-refractivity contribution in [1.82, 2.24) is 10.2 Å². The van der Waals surface area contributed by atoms with Gasteiger partial charge in [-0.15, -0.1) is 0 Å². The quantitative estimate of drug-likeness (QED) is 0.861. The van der Waals surface area contributed by atoms with Crippen LogP contribution in [0.25, 0.3) is 0 Å². The van der Waals surface area contributed by atoms with E-state index in [0.29, 0.717) is 12.0 Å². The van der Waals surface area contributed by atoms with Crippen molar-refractivity contribution in [2.75, 3.05) is 32.7 Å². The first-order chi connectivity index (χ1) is 9.38. The topological polar surface area (TPSA) is 41.3 Å². The van der Waals surface area contributed by atoms with Gasteiger partial charge in [0.1, 0.15) is 0 Å². The van der Waals surface area contributed by atoms with E-state index in [0.717, 1.165) is 26.2 Å². The lowest BCUT2D eigenvalue weighted by atomic mass is 9.82. The number of nitrogens with zero attached hydrogens (tertiary/aromatic N) is 1. The number of aryl methyl sites for hydroxylation is 1. The summed E-state index contributed by atoms with van der Waals surface area (Å²) in [4.78, 5) is 2.60. The van der Waals surface area contributed by atoms with E-state index in [1.54, 1.807) is 11.1 Å². The minimum absolute atomic E-state index is 0.517. The molecule has 0 amide bonds. The van der Waals surface area contributed by atoms with E-state index in [1.165, 1.54) is 25.8 Å². The van der Waals surface area contributed by atoms with Gasteiger partial charge in [-0.2, -0.15) is 0 Å². The third-order valence-electron chi connectivity index (χ3n) is 4.69. The van der Waals surface area contributed by atoms with Crippen molar-refractivity contribution in [3.8, 4) is 0 Å². The molecule has 1 aromatic rings. The molecule has 0 radical (unpaired) electrons. The lowest BCUT2D eigenvalue weighted by Gasteiger charge is -2.39. The predicted molar refractivity (Wildman–Crippen MR) is 79.4 cm³/mol. The van der Waals surface area contributed by atoms with Crippen LogP contribution < -0.4 is 11.1 Å². The number of rotatable bonds is 3. The van der Waals surface area contributed by atoms with Gasteiger partial charge in [-0.05, 0) is 36.3 Å². The molecule has 1 aliphatic heterocycles. The fourth-order valence-corrected chi connectivity index (χ4v) is 3.60. The fourth-order valence-electron chi connectivity index (χ4n) is 3.60. The van der Waals surface area contributed by atoms with Gasteiger partial charge in [0.15, 0.2) is 0 Å². The molecule has 2 atom stereocenters. The second-order valence-electron chi connectivity index (χ2n) is 5.88. The van der Waals surface area contributed by atoms with Crippen LogP contribution >= 0.6 is 0 Å². The molecule has 1 aromatic carbocycles. The Hall–Kier alpha value is -0.900. The summed E-state index contributed by atoms with van der Waals surface area (Å²) in [5.74, 6) is 0.706. The number of fused-ring (bicyclic) bond motifs is 1. The lowest BCUT2D eigenvalue weighted by molar-refractivity contribution is 0.152. The summed E-state index contributed by atoms with van der Waals surface area (Å²) < 4.78 is 0. The van der Waals surface area contributed by atoms with Crippen LogP contribution in [0.2, 0.25) is 0 Å². The van der Waals surface area contributed by atoms with E-state index in [1.807, 2.05) is 0 Å². The molecule has 1 fully saturated rings. The smallest absolute Gasteiger partial charge is 0.0343 e. The minimum Gasteiger partial charge on any atom is -0.329 e. The fraction of sp³-hybridized carbons (Fsp3) is 0.625. The van der Waals surface area contributed by atoms with E-state index in [2.05, 4.69) is 34.5 Å². The summed E-state index contributed by atoms with van der Waals surface area (Å²) in [6.45, 7) is 5.23. The molecule has 3 N–H and O–H groups in total. The monoisotopic (exact) mass is 259 g/mol. The highest BCUT2D eigenvalue weighted by Gasteiger charge is 2.26. The SMILES string of the molecule is NCC1CNCCN1CC1CCCc2ccccc21. The Morgan fingerprint density at radius 2 is 2.21 bits per heavy atom. The van der Waals surface area contributed by atoms with Crippen molar-refractivity contribution in [3.05, 3.63) is 35.4 Å². The van der Waals surface area contributed by atoms with Crippen molar-refractivity contribution in [3.63, 3.8) is 0 Å². The van der Waals surface area contributed by atoms with Crippen molar-refractivity contribution < 1.29 is 0 Å². The Balaban J connectivity index is 1.73. The molecule has 2 aliphatic rings. The number of nitrogens with one attached hydrogen (secondary N) is 1. The van der Waals surface area contributed by atoms with Gasteiger partial charge in [-0.25, -0.2) is 0 Å². The van der Waals surface area contributed by atoms with Gasteiger partial charge in [-0.3, -0.25) is 4.90 Å². The molecule has 104 valence electrons. The molecule has 3 nitrogen and oxygen atoms in total. The van der Waals surface area contributed by atoms with Gasteiger partial charge in [0, 0.05) is 38.8 Å². The Kier molecular flexibility index (Phi) is 4.16. The van der Waals surface area contributed by atoms with Gasteiger partial charge < -0.3 is 11.1 Å². The van der Waals surface area contributed by atoms with Crippen molar-refractivity contribution in [2.24, 2.45) is 5.73 Å². The maximum atomic E-state index is 5.91. The first kappa shape index (κ1) is 13.1. The van der Waals surface area contributed by atoms with Crippen LogP contribution in [0.1, 0.15) is 29.9 Å². The predicted octanol–water partition coefficient (Wildman–Crippen LogP) is 1.34. The molecule has 0 bridgehead atoms. The summed E-state index contributed by atoms with van der Waals surface area (Å²) in [6.07, 6.45) is 3.92. The molecular weight excluding hydrogens is 234 g/mol. The molecule has 19 heavy (non-hydrogen) atoms. The van der Waals surface area contributed by atoms with Crippen LogP contribution in [0.5, 0.6) is 0 Å². The van der Waals surface area contributed by atoms with Crippen LogP contribution in [-0.4, -0.2) is 43.7 Å². The molecule has 1 saturated heterocycles. The summed E-state index contributed by atoms with van der Waals surface area (Å²) in [7, 11) is 0. The van der Waals surface area contributed by atoms with Crippen LogP contribution in [0.15, 0.2) is 24.3 Å². The normalized spacial score (nSPS) is 28.1. The van der Waals surface area contributed by atoms with Crippen molar-refractivity contribution >= 4 is 0 Å². The largest absolute Gasteiger partial charge is 0.329 e. The molecule has 0 spiro atoms. The number of piperazine rings is 1. The molecule has 1 aliphatic carbocycles. The lowest BCUT2D eigenvalue weighted by Crippen LogP contribution is -2.55. The van der Waals surface area contributed by atoms with Crippen molar-refractivity contribution in [2.45, 2.75) is 31.2 Å². The Bertz CT molecular complexity index is 418. The van der Waals surface area contributed by atoms with E-state index in [9.17, 15) is 0 Å². The van der Waals surface area contributed by atoms with Crippen LogP contribution in [0.4, 0.5) is 0 Å². The molecule has 1 heterocycles. The average molecular weight is 259 g/mol. The van der Waals surface area contributed by atoms with Crippen LogP contribution in [-0.2, 0) is 6.42 Å². The van der Waals surface area contributed by atoms with Crippen LogP contribution in [0.3, 0.4) is 0 Å². The van der Waals surface area contributed by atoms with Gasteiger partial charge in [0.2, 0.25) is 0 Å². The minimum atomic E-state index is 0.517. The van der Waals surface area contributed by atoms with E-state index in [-0.39, 0.29) is 0 Å².